The fourth-order valence-corrected chi connectivity index (χ4v) is 4.39. The molecule has 138 valence electrons. The molecule has 0 aromatic rings. The third kappa shape index (κ3) is 8.16. The maximum absolute atomic E-state index is 11.4. The second-order valence-corrected chi connectivity index (χ2v) is 8.89. The van der Waals surface area contributed by atoms with Crippen molar-refractivity contribution in [3.05, 3.63) is 0 Å². The monoisotopic (exact) mass is 389 g/mol. The van der Waals surface area contributed by atoms with E-state index < -0.39 is 0 Å². The highest BCUT2D eigenvalue weighted by Crippen LogP contribution is 2.35. The van der Waals surface area contributed by atoms with Crippen LogP contribution in [0.5, 0.6) is 0 Å². The van der Waals surface area contributed by atoms with Crippen LogP contribution in [0.2, 0.25) is 0 Å². The second-order valence-electron chi connectivity index (χ2n) is 7.71. The van der Waals surface area contributed by atoms with Gasteiger partial charge in [0, 0.05) is 16.8 Å². The molecule has 0 aromatic heterocycles. The van der Waals surface area contributed by atoms with Crippen LogP contribution in [-0.4, -0.2) is 23.7 Å². The van der Waals surface area contributed by atoms with Crippen LogP contribution < -0.4 is 5.32 Å². The predicted molar refractivity (Wildman–Crippen MR) is 106 cm³/mol. The van der Waals surface area contributed by atoms with E-state index in [1.807, 2.05) is 20.9 Å². The minimum atomic E-state index is 0.216. The smallest absolute Gasteiger partial charge is 0.134 e. The summed E-state index contributed by atoms with van der Waals surface area (Å²) in [5, 5.41) is 3.26. The second kappa shape index (κ2) is 11.6. The molecule has 3 heteroatoms. The molecule has 0 amide bonds. The molecule has 4 atom stereocenters. The molecule has 0 radical (unpaired) electrons. The van der Waals surface area contributed by atoms with E-state index in [0.717, 1.165) is 12.8 Å². The first-order valence-electron chi connectivity index (χ1n) is 9.60. The Kier molecular flexibility index (Phi) is 11.7. The Morgan fingerprint density at radius 3 is 1.96 bits per heavy atom. The van der Waals surface area contributed by atoms with Gasteiger partial charge in [-0.1, -0.05) is 69.8 Å². The van der Waals surface area contributed by atoms with E-state index in [4.69, 9.17) is 0 Å². The van der Waals surface area contributed by atoms with Crippen molar-refractivity contribution < 1.29 is 4.79 Å². The minimum absolute atomic E-state index is 0.216. The topological polar surface area (TPSA) is 29.1 Å². The average Bonchev–Trinajstić information content (AvgIpc) is 2.52. The highest BCUT2D eigenvalue weighted by molar-refractivity contribution is 9.09. The maximum Gasteiger partial charge on any atom is 0.134 e. The Bertz CT molecular complexity index is 322. The SMILES string of the molecule is CC.CC1(C)CCCCC1.CNC1C(C(C)=O)CCC(Br)C1C. The molecule has 0 saturated heterocycles. The summed E-state index contributed by atoms with van der Waals surface area (Å²) >= 11 is 3.66. The Balaban J connectivity index is 0.000000414. The zero-order valence-corrected chi connectivity index (χ0v) is 18.1. The van der Waals surface area contributed by atoms with Gasteiger partial charge in [0.2, 0.25) is 0 Å². The number of carbonyl (C=O) groups is 1. The number of nitrogens with one attached hydrogen (secondary N) is 1. The lowest BCUT2D eigenvalue weighted by atomic mass is 9.76. The van der Waals surface area contributed by atoms with Gasteiger partial charge in [-0.3, -0.25) is 4.79 Å². The van der Waals surface area contributed by atoms with E-state index in [-0.39, 0.29) is 5.92 Å². The third-order valence-corrected chi connectivity index (χ3v) is 6.68. The van der Waals surface area contributed by atoms with Gasteiger partial charge < -0.3 is 5.32 Å². The Hall–Kier alpha value is 0.110. The number of halogens is 1. The lowest BCUT2D eigenvalue weighted by Gasteiger charge is -2.38. The largest absolute Gasteiger partial charge is 0.316 e. The molecule has 2 aliphatic rings. The summed E-state index contributed by atoms with van der Waals surface area (Å²) in [5.41, 5.74) is 0.679. The summed E-state index contributed by atoms with van der Waals surface area (Å²) in [5.74, 6) is 1.08. The molecule has 4 unspecified atom stereocenters. The standard InChI is InChI=1S/C10H18BrNO.C8H16.C2H6/c1-6-9(11)5-4-8(7(2)13)10(6)12-3;1-8(2)6-4-3-5-7-8;1-2/h6,8-10,12H,4-5H2,1-3H3;3-7H2,1-2H3;1-2H3. The van der Waals surface area contributed by atoms with Crippen molar-refractivity contribution in [1.29, 1.82) is 0 Å². The molecule has 0 spiro atoms. The van der Waals surface area contributed by atoms with E-state index in [9.17, 15) is 4.79 Å². The van der Waals surface area contributed by atoms with Crippen LogP contribution in [0.1, 0.15) is 86.5 Å². The van der Waals surface area contributed by atoms with Crippen LogP contribution in [0.25, 0.3) is 0 Å². The molecule has 0 heterocycles. The van der Waals surface area contributed by atoms with Crippen LogP contribution in [-0.2, 0) is 4.79 Å². The molecular weight excluding hydrogens is 350 g/mol. The zero-order chi connectivity index (χ0) is 18.0. The Morgan fingerprint density at radius 2 is 1.61 bits per heavy atom. The van der Waals surface area contributed by atoms with Crippen molar-refractivity contribution in [3.8, 4) is 0 Å². The van der Waals surface area contributed by atoms with E-state index in [0.29, 0.717) is 28.0 Å². The number of carbonyl (C=O) groups excluding carboxylic acids is 1. The number of rotatable bonds is 2. The first-order chi connectivity index (χ1) is 10.8. The summed E-state index contributed by atoms with van der Waals surface area (Å²) in [6.45, 7) is 12.7. The fourth-order valence-electron chi connectivity index (χ4n) is 3.80. The number of hydrogen-bond acceptors (Lipinski definition) is 2. The summed E-state index contributed by atoms with van der Waals surface area (Å²) in [4.78, 5) is 11.9. The molecule has 1 N–H and O–H groups in total. The fraction of sp³-hybridized carbons (Fsp3) is 0.950. The zero-order valence-electron chi connectivity index (χ0n) is 16.5. The maximum atomic E-state index is 11.4. The van der Waals surface area contributed by atoms with Gasteiger partial charge in [0.1, 0.15) is 5.78 Å². The first-order valence-corrected chi connectivity index (χ1v) is 10.5. The molecule has 0 bridgehead atoms. The number of hydrogen-bond donors (Lipinski definition) is 1. The lowest BCUT2D eigenvalue weighted by molar-refractivity contribution is -0.122. The molecule has 0 aromatic carbocycles. The molecule has 2 nitrogen and oxygen atoms in total. The number of alkyl halides is 1. The lowest BCUT2D eigenvalue weighted by Crippen LogP contribution is -2.48. The van der Waals surface area contributed by atoms with Crippen LogP contribution >= 0.6 is 15.9 Å². The summed E-state index contributed by atoms with van der Waals surface area (Å²) in [6, 6.07) is 0.343. The molecule has 23 heavy (non-hydrogen) atoms. The minimum Gasteiger partial charge on any atom is -0.316 e. The van der Waals surface area contributed by atoms with Crippen LogP contribution in [0.15, 0.2) is 0 Å². The van der Waals surface area contributed by atoms with Gasteiger partial charge in [-0.25, -0.2) is 0 Å². The van der Waals surface area contributed by atoms with Crippen molar-refractivity contribution in [1.82, 2.24) is 5.32 Å². The van der Waals surface area contributed by atoms with Crippen molar-refractivity contribution >= 4 is 21.7 Å². The van der Waals surface area contributed by atoms with Gasteiger partial charge in [-0.15, -0.1) is 0 Å². The van der Waals surface area contributed by atoms with Gasteiger partial charge in [0.15, 0.2) is 0 Å². The highest BCUT2D eigenvalue weighted by Gasteiger charge is 2.36. The molecule has 2 fully saturated rings. The van der Waals surface area contributed by atoms with Crippen LogP contribution in [0.4, 0.5) is 0 Å². The number of Topliss-reactive ketones (excluding diaryl/α,β-unsaturated/α-hetero) is 1. The van der Waals surface area contributed by atoms with Gasteiger partial charge >= 0.3 is 0 Å². The van der Waals surface area contributed by atoms with Crippen molar-refractivity contribution in [3.63, 3.8) is 0 Å². The van der Waals surface area contributed by atoms with Crippen LogP contribution in [0.3, 0.4) is 0 Å². The van der Waals surface area contributed by atoms with Gasteiger partial charge in [-0.05, 0) is 51.0 Å². The summed E-state index contributed by atoms with van der Waals surface area (Å²) in [7, 11) is 1.95. The predicted octanol–water partition coefficient (Wildman–Crippen LogP) is 5.98. The first kappa shape index (κ1) is 23.1. The van der Waals surface area contributed by atoms with Crippen molar-refractivity contribution in [2.45, 2.75) is 97.4 Å². The van der Waals surface area contributed by atoms with Crippen molar-refractivity contribution in [2.24, 2.45) is 17.3 Å². The van der Waals surface area contributed by atoms with E-state index in [1.165, 1.54) is 32.1 Å². The van der Waals surface area contributed by atoms with E-state index in [2.05, 4.69) is 42.0 Å². The Morgan fingerprint density at radius 1 is 1.09 bits per heavy atom. The molecule has 2 aliphatic carbocycles. The highest BCUT2D eigenvalue weighted by atomic mass is 79.9. The third-order valence-electron chi connectivity index (χ3n) is 5.39. The number of ketones is 1. The van der Waals surface area contributed by atoms with Gasteiger partial charge in [0.25, 0.3) is 0 Å². The quantitative estimate of drug-likeness (QED) is 0.588. The summed E-state index contributed by atoms with van der Waals surface area (Å²) < 4.78 is 0. The van der Waals surface area contributed by atoms with E-state index in [1.54, 1.807) is 6.92 Å². The van der Waals surface area contributed by atoms with E-state index >= 15 is 0 Å². The van der Waals surface area contributed by atoms with Crippen LogP contribution in [0, 0.1) is 17.3 Å². The van der Waals surface area contributed by atoms with Gasteiger partial charge in [0.05, 0.1) is 0 Å². The van der Waals surface area contributed by atoms with Crippen molar-refractivity contribution in [2.75, 3.05) is 7.05 Å². The molecule has 2 saturated carbocycles. The summed E-state index contributed by atoms with van der Waals surface area (Å²) in [6.07, 6.45) is 9.44. The van der Waals surface area contributed by atoms with Gasteiger partial charge in [-0.2, -0.15) is 0 Å². The molecule has 2 rings (SSSR count). The molecular formula is C20H40BrNO. The Labute approximate surface area is 153 Å². The molecule has 0 aliphatic heterocycles. The average molecular weight is 390 g/mol. The normalized spacial score (nSPS) is 32.7.